The second kappa shape index (κ2) is 10.0. The van der Waals surface area contributed by atoms with E-state index >= 15 is 0 Å². The second-order valence-electron chi connectivity index (χ2n) is 6.33. The number of pyridine rings is 1. The molecule has 0 spiro atoms. The fraction of sp³-hybridized carbons (Fsp3) is 0.136. The first-order valence-electron chi connectivity index (χ1n) is 9.02. The molecule has 2 aromatic carbocycles. The molecule has 1 amide bonds. The number of anilines is 1. The van der Waals surface area contributed by atoms with Gasteiger partial charge in [0.05, 0.1) is 14.2 Å². The van der Waals surface area contributed by atoms with Crippen LogP contribution in [0.4, 0.5) is 5.69 Å². The highest BCUT2D eigenvalue weighted by atomic mass is 35.5. The van der Waals surface area contributed by atoms with E-state index in [-0.39, 0.29) is 5.11 Å². The first-order valence-corrected chi connectivity index (χ1v) is 9.80. The standard InChI is InChI=1S/C22H20ClN3O3S/c1-28-18-12-16(13-19(29-2)20(18)23)21(27)26-22(30)25-17-5-3-14(4-6-17)11-15-7-9-24-10-8-15/h3-10,12-13H,11H2,1-2H3,(H2,25,26,27,30). The Morgan fingerprint density at radius 2 is 1.57 bits per heavy atom. The number of hydrogen-bond acceptors (Lipinski definition) is 5. The molecule has 0 unspecified atom stereocenters. The van der Waals surface area contributed by atoms with Gasteiger partial charge in [-0.3, -0.25) is 15.1 Å². The number of carbonyl (C=O) groups is 1. The summed E-state index contributed by atoms with van der Waals surface area (Å²) in [5.41, 5.74) is 3.42. The molecule has 2 N–H and O–H groups in total. The van der Waals surface area contributed by atoms with Gasteiger partial charge in [-0.25, -0.2) is 0 Å². The highest BCUT2D eigenvalue weighted by Crippen LogP contribution is 2.35. The number of nitrogens with one attached hydrogen (secondary N) is 2. The highest BCUT2D eigenvalue weighted by Gasteiger charge is 2.16. The second-order valence-corrected chi connectivity index (χ2v) is 7.12. The topological polar surface area (TPSA) is 72.5 Å². The number of benzene rings is 2. The third-order valence-corrected chi connectivity index (χ3v) is 4.88. The summed E-state index contributed by atoms with van der Waals surface area (Å²) < 4.78 is 10.4. The van der Waals surface area contributed by atoms with Crippen LogP contribution in [-0.4, -0.2) is 30.2 Å². The largest absolute Gasteiger partial charge is 0.495 e. The maximum absolute atomic E-state index is 12.6. The normalized spacial score (nSPS) is 10.2. The molecule has 6 nitrogen and oxygen atoms in total. The zero-order valence-corrected chi connectivity index (χ0v) is 18.0. The lowest BCUT2D eigenvalue weighted by Crippen LogP contribution is -2.34. The molecule has 30 heavy (non-hydrogen) atoms. The van der Waals surface area contributed by atoms with Crippen LogP contribution >= 0.6 is 23.8 Å². The molecule has 0 bridgehead atoms. The summed E-state index contributed by atoms with van der Waals surface area (Å²) in [4.78, 5) is 16.6. The van der Waals surface area contributed by atoms with Crippen molar-refractivity contribution >= 4 is 40.5 Å². The number of amides is 1. The van der Waals surface area contributed by atoms with E-state index in [0.29, 0.717) is 22.1 Å². The number of rotatable bonds is 6. The van der Waals surface area contributed by atoms with Crippen molar-refractivity contribution in [3.8, 4) is 11.5 Å². The molecule has 3 rings (SSSR count). The molecule has 154 valence electrons. The molecule has 0 saturated carbocycles. The zero-order valence-electron chi connectivity index (χ0n) is 16.4. The first kappa shape index (κ1) is 21.5. The summed E-state index contributed by atoms with van der Waals surface area (Å²) in [7, 11) is 2.93. The Morgan fingerprint density at radius 1 is 1.00 bits per heavy atom. The van der Waals surface area contributed by atoms with Crippen LogP contribution in [0.1, 0.15) is 21.5 Å². The van der Waals surface area contributed by atoms with Gasteiger partial charge in [0.2, 0.25) is 0 Å². The Labute approximate surface area is 185 Å². The van der Waals surface area contributed by atoms with Gasteiger partial charge in [-0.15, -0.1) is 0 Å². The van der Waals surface area contributed by atoms with Crippen LogP contribution in [-0.2, 0) is 6.42 Å². The number of thiocarbonyl (C=S) groups is 1. The number of methoxy groups -OCH3 is 2. The molecule has 0 fully saturated rings. The number of ether oxygens (including phenoxy) is 2. The van der Waals surface area contributed by atoms with E-state index in [9.17, 15) is 4.79 Å². The van der Waals surface area contributed by atoms with Crippen molar-refractivity contribution in [3.05, 3.63) is 82.6 Å². The van der Waals surface area contributed by atoms with Crippen molar-refractivity contribution in [2.24, 2.45) is 0 Å². The van der Waals surface area contributed by atoms with Gasteiger partial charge >= 0.3 is 0 Å². The van der Waals surface area contributed by atoms with Gasteiger partial charge in [0, 0.05) is 23.6 Å². The van der Waals surface area contributed by atoms with Crippen molar-refractivity contribution in [2.75, 3.05) is 19.5 Å². The molecular weight excluding hydrogens is 422 g/mol. The molecule has 1 heterocycles. The van der Waals surface area contributed by atoms with Gasteiger partial charge in [0.15, 0.2) is 5.11 Å². The average molecular weight is 442 g/mol. The monoisotopic (exact) mass is 441 g/mol. The van der Waals surface area contributed by atoms with Crippen molar-refractivity contribution in [1.29, 1.82) is 0 Å². The molecule has 0 aliphatic rings. The summed E-state index contributed by atoms with van der Waals surface area (Å²) in [5, 5.41) is 6.12. The molecule has 0 atom stereocenters. The van der Waals surface area contributed by atoms with Gasteiger partial charge in [0.25, 0.3) is 5.91 Å². The smallest absolute Gasteiger partial charge is 0.257 e. The van der Waals surface area contributed by atoms with Gasteiger partial charge < -0.3 is 14.8 Å². The Hall–Kier alpha value is -3.16. The first-order chi connectivity index (χ1) is 14.5. The van der Waals surface area contributed by atoms with Crippen LogP contribution in [0.25, 0.3) is 0 Å². The molecule has 0 saturated heterocycles. The summed E-state index contributed by atoms with van der Waals surface area (Å²) >= 11 is 11.4. The van der Waals surface area contributed by atoms with Crippen molar-refractivity contribution in [1.82, 2.24) is 10.3 Å². The van der Waals surface area contributed by atoms with E-state index in [2.05, 4.69) is 15.6 Å². The molecule has 1 aromatic heterocycles. The lowest BCUT2D eigenvalue weighted by molar-refractivity contribution is 0.0977. The van der Waals surface area contributed by atoms with Gasteiger partial charge in [0.1, 0.15) is 16.5 Å². The van der Waals surface area contributed by atoms with E-state index in [1.807, 2.05) is 36.4 Å². The number of hydrogen-bond donors (Lipinski definition) is 2. The Morgan fingerprint density at radius 3 is 2.13 bits per heavy atom. The van der Waals surface area contributed by atoms with Crippen molar-refractivity contribution in [2.45, 2.75) is 6.42 Å². The van der Waals surface area contributed by atoms with E-state index in [4.69, 9.17) is 33.3 Å². The minimum absolute atomic E-state index is 0.176. The van der Waals surface area contributed by atoms with Crippen LogP contribution in [0.5, 0.6) is 11.5 Å². The summed E-state index contributed by atoms with van der Waals surface area (Å²) in [6, 6.07) is 14.8. The summed E-state index contributed by atoms with van der Waals surface area (Å²) in [6.07, 6.45) is 4.36. The third-order valence-electron chi connectivity index (χ3n) is 4.30. The maximum Gasteiger partial charge on any atom is 0.257 e. The van der Waals surface area contributed by atoms with Crippen molar-refractivity contribution < 1.29 is 14.3 Å². The lowest BCUT2D eigenvalue weighted by atomic mass is 10.1. The van der Waals surface area contributed by atoms with E-state index in [1.54, 1.807) is 12.4 Å². The van der Waals surface area contributed by atoms with Crippen LogP contribution < -0.4 is 20.1 Å². The SMILES string of the molecule is COc1cc(C(=O)NC(=S)Nc2ccc(Cc3ccncc3)cc2)cc(OC)c1Cl. The van der Waals surface area contributed by atoms with Gasteiger partial charge in [-0.05, 0) is 66.2 Å². The third kappa shape index (κ3) is 5.46. The maximum atomic E-state index is 12.6. The average Bonchev–Trinajstić information content (AvgIpc) is 2.76. The number of nitrogens with zero attached hydrogens (tertiary/aromatic N) is 1. The predicted octanol–water partition coefficient (Wildman–Crippen LogP) is 4.47. The van der Waals surface area contributed by atoms with Gasteiger partial charge in [-0.1, -0.05) is 23.7 Å². The van der Waals surface area contributed by atoms with E-state index in [1.165, 1.54) is 31.9 Å². The molecule has 3 aromatic rings. The minimum atomic E-state index is -0.407. The van der Waals surface area contributed by atoms with Crippen LogP contribution in [0.3, 0.4) is 0 Å². The lowest BCUT2D eigenvalue weighted by Gasteiger charge is -2.13. The fourth-order valence-electron chi connectivity index (χ4n) is 2.78. The number of carbonyl (C=O) groups excluding carboxylic acids is 1. The van der Waals surface area contributed by atoms with E-state index < -0.39 is 5.91 Å². The highest BCUT2D eigenvalue weighted by molar-refractivity contribution is 7.80. The Balaban J connectivity index is 1.62. The van der Waals surface area contributed by atoms with Crippen molar-refractivity contribution in [3.63, 3.8) is 0 Å². The summed E-state index contributed by atoms with van der Waals surface area (Å²) in [5.74, 6) is 0.268. The zero-order chi connectivity index (χ0) is 21.5. The van der Waals surface area contributed by atoms with Crippen LogP contribution in [0, 0.1) is 0 Å². The number of halogens is 1. The van der Waals surface area contributed by atoms with Gasteiger partial charge in [-0.2, -0.15) is 0 Å². The molecule has 0 radical (unpaired) electrons. The Bertz CT molecular complexity index is 1020. The quantitative estimate of drug-likeness (QED) is 0.550. The van der Waals surface area contributed by atoms with Crippen LogP contribution in [0.2, 0.25) is 5.02 Å². The van der Waals surface area contributed by atoms with Crippen LogP contribution in [0.15, 0.2) is 60.9 Å². The molecule has 8 heteroatoms. The fourth-order valence-corrected chi connectivity index (χ4v) is 3.25. The van der Waals surface area contributed by atoms with E-state index in [0.717, 1.165) is 17.7 Å². The summed E-state index contributed by atoms with van der Waals surface area (Å²) in [6.45, 7) is 0. The minimum Gasteiger partial charge on any atom is -0.495 e. The number of aromatic nitrogens is 1. The molecule has 0 aliphatic heterocycles. The molecular formula is C22H20ClN3O3S. The molecule has 0 aliphatic carbocycles. The Kier molecular flexibility index (Phi) is 7.21. The predicted molar refractivity (Wildman–Crippen MR) is 122 cm³/mol.